The molecule has 170 valence electrons. The number of halogens is 2. The highest BCUT2D eigenvalue weighted by atomic mass is 79.9. The molecule has 3 aromatic rings. The van der Waals surface area contributed by atoms with Crippen molar-refractivity contribution in [2.45, 2.75) is 26.0 Å². The molecule has 0 saturated carbocycles. The van der Waals surface area contributed by atoms with Gasteiger partial charge in [0.2, 0.25) is 11.9 Å². The highest BCUT2D eigenvalue weighted by molar-refractivity contribution is 9.10. The molecule has 0 saturated heterocycles. The van der Waals surface area contributed by atoms with Crippen LogP contribution in [0.5, 0.6) is 0 Å². The number of nitrogens with zero attached hydrogens (tertiary/aromatic N) is 4. The van der Waals surface area contributed by atoms with Crippen LogP contribution >= 0.6 is 27.5 Å². The summed E-state index contributed by atoms with van der Waals surface area (Å²) in [6.45, 7) is 3.89. The molecule has 10 nitrogen and oxygen atoms in total. The zero-order chi connectivity index (χ0) is 23.1. The van der Waals surface area contributed by atoms with Gasteiger partial charge in [0.25, 0.3) is 0 Å². The lowest BCUT2D eigenvalue weighted by Gasteiger charge is -2.18. The first kappa shape index (κ1) is 23.9. The molecule has 32 heavy (non-hydrogen) atoms. The Hall–Kier alpha value is -2.73. The average molecular weight is 524 g/mol. The van der Waals surface area contributed by atoms with Crippen molar-refractivity contribution in [3.63, 3.8) is 0 Å². The zero-order valence-corrected chi connectivity index (χ0v) is 19.8. The molecule has 6 N–H and O–H groups in total. The van der Waals surface area contributed by atoms with Gasteiger partial charge in [0, 0.05) is 24.1 Å². The van der Waals surface area contributed by atoms with Gasteiger partial charge in [-0.2, -0.15) is 9.97 Å². The van der Waals surface area contributed by atoms with E-state index in [9.17, 15) is 5.11 Å². The average Bonchev–Trinajstić information content (AvgIpc) is 2.77. The van der Waals surface area contributed by atoms with Crippen LogP contribution in [0.4, 0.5) is 34.9 Å². The normalized spacial score (nSPS) is 12.7. The molecule has 0 amide bonds. The molecule has 2 aromatic heterocycles. The quantitative estimate of drug-likeness (QED) is 0.233. The zero-order valence-electron chi connectivity index (χ0n) is 17.5. The first-order valence-electron chi connectivity index (χ1n) is 9.84. The van der Waals surface area contributed by atoms with Gasteiger partial charge in [0.15, 0.2) is 5.82 Å². The molecule has 0 radical (unpaired) electrons. The molecule has 2 atom stereocenters. The Kier molecular flexibility index (Phi) is 8.39. The standard InChI is InChI=1S/C20H24BrClN8O2/c1-11(12(2)32)26-17-15(21)9-24-19(29-17)27-13-3-5-14(6-4-13)28-20-25-10-16(22)18(30-20)23-7-8-31/h3-6,9-12,31-32H,7-8H2,1-2H3,(H2,23,25,28,30)(H2,24,26,27,29)/t11-,12-/m1/s1. The Labute approximate surface area is 199 Å². The second kappa shape index (κ2) is 11.2. The molecule has 0 aliphatic heterocycles. The van der Waals surface area contributed by atoms with Crippen molar-refractivity contribution in [3.8, 4) is 0 Å². The topological polar surface area (TPSA) is 140 Å². The monoisotopic (exact) mass is 522 g/mol. The third kappa shape index (κ3) is 6.63. The van der Waals surface area contributed by atoms with E-state index >= 15 is 0 Å². The summed E-state index contributed by atoms with van der Waals surface area (Å²) in [6.07, 6.45) is 2.60. The summed E-state index contributed by atoms with van der Waals surface area (Å²) in [7, 11) is 0. The summed E-state index contributed by atoms with van der Waals surface area (Å²) < 4.78 is 0.700. The minimum absolute atomic E-state index is 0.0310. The van der Waals surface area contributed by atoms with Crippen LogP contribution in [0.15, 0.2) is 41.1 Å². The van der Waals surface area contributed by atoms with Crippen molar-refractivity contribution in [2.24, 2.45) is 0 Å². The van der Waals surface area contributed by atoms with Crippen LogP contribution in [0.3, 0.4) is 0 Å². The summed E-state index contributed by atoms with van der Waals surface area (Å²) in [4.78, 5) is 17.2. The molecule has 0 aliphatic rings. The molecule has 0 unspecified atom stereocenters. The van der Waals surface area contributed by atoms with Gasteiger partial charge >= 0.3 is 0 Å². The second-order valence-electron chi connectivity index (χ2n) is 6.93. The van der Waals surface area contributed by atoms with Gasteiger partial charge in [0.05, 0.1) is 29.4 Å². The lowest BCUT2D eigenvalue weighted by Crippen LogP contribution is -2.28. The van der Waals surface area contributed by atoms with E-state index in [0.29, 0.717) is 39.6 Å². The Morgan fingerprint density at radius 3 is 2.09 bits per heavy atom. The molecule has 0 aliphatic carbocycles. The van der Waals surface area contributed by atoms with Crippen molar-refractivity contribution in [2.75, 3.05) is 34.4 Å². The van der Waals surface area contributed by atoms with Crippen LogP contribution in [0, 0.1) is 0 Å². The molecule has 1 aromatic carbocycles. The smallest absolute Gasteiger partial charge is 0.229 e. The van der Waals surface area contributed by atoms with E-state index in [1.807, 2.05) is 31.2 Å². The van der Waals surface area contributed by atoms with Gasteiger partial charge < -0.3 is 31.5 Å². The van der Waals surface area contributed by atoms with Crippen molar-refractivity contribution in [1.82, 2.24) is 19.9 Å². The Bertz CT molecular complexity index is 1040. The minimum atomic E-state index is -0.528. The third-order valence-corrected chi connectivity index (χ3v) is 5.23. The van der Waals surface area contributed by atoms with Crippen LogP contribution in [-0.2, 0) is 0 Å². The predicted molar refractivity (Wildman–Crippen MR) is 130 cm³/mol. The number of aliphatic hydroxyl groups is 2. The van der Waals surface area contributed by atoms with Gasteiger partial charge in [-0.15, -0.1) is 0 Å². The summed E-state index contributed by atoms with van der Waals surface area (Å²) in [5.74, 6) is 1.81. The number of rotatable bonds is 10. The van der Waals surface area contributed by atoms with Gasteiger partial charge in [-0.3, -0.25) is 0 Å². The second-order valence-corrected chi connectivity index (χ2v) is 8.19. The van der Waals surface area contributed by atoms with E-state index in [1.165, 1.54) is 6.20 Å². The van der Waals surface area contributed by atoms with E-state index in [4.69, 9.17) is 16.7 Å². The molecule has 0 bridgehead atoms. The van der Waals surface area contributed by atoms with E-state index in [0.717, 1.165) is 11.4 Å². The van der Waals surface area contributed by atoms with Crippen molar-refractivity contribution >= 4 is 62.4 Å². The summed E-state index contributed by atoms with van der Waals surface area (Å²) in [6, 6.07) is 7.26. The van der Waals surface area contributed by atoms with E-state index in [2.05, 4.69) is 57.1 Å². The molecule has 0 fully saturated rings. The highest BCUT2D eigenvalue weighted by Crippen LogP contribution is 2.25. The molecule has 3 rings (SSSR count). The summed E-state index contributed by atoms with van der Waals surface area (Å²) >= 11 is 9.48. The molecular formula is C20H24BrClN8O2. The lowest BCUT2D eigenvalue weighted by molar-refractivity contribution is 0.177. The van der Waals surface area contributed by atoms with Crippen LogP contribution in [-0.4, -0.2) is 55.4 Å². The van der Waals surface area contributed by atoms with Crippen LogP contribution in [0.2, 0.25) is 5.02 Å². The maximum atomic E-state index is 9.70. The summed E-state index contributed by atoms with van der Waals surface area (Å²) in [5, 5.41) is 31.4. The Morgan fingerprint density at radius 2 is 1.53 bits per heavy atom. The highest BCUT2D eigenvalue weighted by Gasteiger charge is 2.13. The number of aliphatic hydroxyl groups excluding tert-OH is 2. The number of hydrogen-bond acceptors (Lipinski definition) is 10. The predicted octanol–water partition coefficient (Wildman–Crippen LogP) is 3.76. The number of hydrogen-bond donors (Lipinski definition) is 6. The Balaban J connectivity index is 1.66. The van der Waals surface area contributed by atoms with Gasteiger partial charge in [-0.05, 0) is 54.0 Å². The van der Waals surface area contributed by atoms with Crippen LogP contribution in [0.1, 0.15) is 13.8 Å². The van der Waals surface area contributed by atoms with E-state index in [-0.39, 0.29) is 12.6 Å². The van der Waals surface area contributed by atoms with Crippen LogP contribution < -0.4 is 21.3 Å². The molecule has 12 heteroatoms. The van der Waals surface area contributed by atoms with Crippen molar-refractivity contribution < 1.29 is 10.2 Å². The lowest BCUT2D eigenvalue weighted by atomic mass is 10.2. The molecule has 2 heterocycles. The van der Waals surface area contributed by atoms with Gasteiger partial charge in [-0.25, -0.2) is 9.97 Å². The fourth-order valence-electron chi connectivity index (χ4n) is 2.49. The summed E-state index contributed by atoms with van der Waals surface area (Å²) in [5.41, 5.74) is 1.56. The molecule has 0 spiro atoms. The largest absolute Gasteiger partial charge is 0.395 e. The number of anilines is 6. The number of aromatic nitrogens is 4. The fourth-order valence-corrected chi connectivity index (χ4v) is 2.95. The van der Waals surface area contributed by atoms with E-state index < -0.39 is 6.10 Å². The first-order valence-corrected chi connectivity index (χ1v) is 11.0. The maximum Gasteiger partial charge on any atom is 0.229 e. The minimum Gasteiger partial charge on any atom is -0.395 e. The number of nitrogens with one attached hydrogen (secondary N) is 4. The van der Waals surface area contributed by atoms with E-state index in [1.54, 1.807) is 13.1 Å². The van der Waals surface area contributed by atoms with Gasteiger partial charge in [0.1, 0.15) is 10.8 Å². The molecular weight excluding hydrogens is 500 g/mol. The fraction of sp³-hybridized carbons (Fsp3) is 0.300. The third-order valence-electron chi connectivity index (χ3n) is 4.38. The van der Waals surface area contributed by atoms with Crippen molar-refractivity contribution in [3.05, 3.63) is 46.2 Å². The van der Waals surface area contributed by atoms with Crippen molar-refractivity contribution in [1.29, 1.82) is 0 Å². The Morgan fingerprint density at radius 1 is 0.969 bits per heavy atom. The SMILES string of the molecule is C[C@@H](O)[C@@H](C)Nc1nc(Nc2ccc(Nc3ncc(Cl)c(NCCO)n3)cc2)ncc1Br. The first-order chi connectivity index (χ1) is 15.4. The number of benzene rings is 1. The van der Waals surface area contributed by atoms with Crippen LogP contribution in [0.25, 0.3) is 0 Å². The van der Waals surface area contributed by atoms with Gasteiger partial charge in [-0.1, -0.05) is 11.6 Å². The maximum absolute atomic E-state index is 9.70.